The molecule has 0 aliphatic carbocycles. The first-order chi connectivity index (χ1) is 11.7. The second-order valence-corrected chi connectivity index (χ2v) is 6.31. The van der Waals surface area contributed by atoms with E-state index in [9.17, 15) is 0 Å². The molecule has 1 aromatic carbocycles. The molecular formula is C19H14N4S. The van der Waals surface area contributed by atoms with Crippen LogP contribution < -0.4 is 5.73 Å². The smallest absolute Gasteiger partial charge is 0.236 e. The molecule has 4 aromatic rings. The number of fused-ring (bicyclic) bond motifs is 1. The van der Waals surface area contributed by atoms with E-state index in [1.807, 2.05) is 61.0 Å². The third kappa shape index (κ3) is 2.64. The number of anilines is 1. The van der Waals surface area contributed by atoms with Gasteiger partial charge in [0.25, 0.3) is 0 Å². The molecular weight excluding hydrogens is 316 g/mol. The number of imidazole rings is 1. The van der Waals surface area contributed by atoms with E-state index in [-0.39, 0.29) is 0 Å². The molecule has 0 aliphatic heterocycles. The van der Waals surface area contributed by atoms with Crippen LogP contribution >= 0.6 is 11.3 Å². The van der Waals surface area contributed by atoms with Gasteiger partial charge in [-0.2, -0.15) is 0 Å². The van der Waals surface area contributed by atoms with Gasteiger partial charge >= 0.3 is 0 Å². The summed E-state index contributed by atoms with van der Waals surface area (Å²) >= 11 is 1.59. The van der Waals surface area contributed by atoms with Crippen molar-refractivity contribution in [3.05, 3.63) is 70.9 Å². The standard InChI is InChI=1S/C19H14N4S/c1-13-9-10-23-18(20)17(22-19(23)21-13)16-11-15(12-24-16)8-7-14-5-3-2-4-6-14/h2-6,9-12H,20H2,1H3. The Morgan fingerprint density at radius 2 is 1.83 bits per heavy atom. The Hall–Kier alpha value is -3.10. The van der Waals surface area contributed by atoms with Gasteiger partial charge in [-0.25, -0.2) is 9.97 Å². The molecule has 2 N–H and O–H groups in total. The lowest BCUT2D eigenvalue weighted by molar-refractivity contribution is 1.07. The third-order valence-corrected chi connectivity index (χ3v) is 4.57. The molecule has 24 heavy (non-hydrogen) atoms. The highest BCUT2D eigenvalue weighted by Gasteiger charge is 2.13. The van der Waals surface area contributed by atoms with Crippen molar-refractivity contribution in [2.75, 3.05) is 5.73 Å². The molecule has 5 heteroatoms. The number of hydrogen-bond acceptors (Lipinski definition) is 4. The first-order valence-corrected chi connectivity index (χ1v) is 8.36. The van der Waals surface area contributed by atoms with E-state index in [1.165, 1.54) is 0 Å². The Morgan fingerprint density at radius 3 is 2.67 bits per heavy atom. The van der Waals surface area contributed by atoms with E-state index >= 15 is 0 Å². The van der Waals surface area contributed by atoms with Crippen LogP contribution in [0.25, 0.3) is 16.3 Å². The van der Waals surface area contributed by atoms with Gasteiger partial charge in [0.15, 0.2) is 0 Å². The van der Waals surface area contributed by atoms with Gasteiger partial charge in [0.05, 0.1) is 4.88 Å². The van der Waals surface area contributed by atoms with Crippen LogP contribution in [0.15, 0.2) is 54.0 Å². The Morgan fingerprint density at radius 1 is 1.04 bits per heavy atom. The molecule has 0 atom stereocenters. The molecule has 0 unspecified atom stereocenters. The van der Waals surface area contributed by atoms with Gasteiger partial charge in [-0.15, -0.1) is 11.3 Å². The van der Waals surface area contributed by atoms with Crippen LogP contribution in [0.5, 0.6) is 0 Å². The molecule has 0 radical (unpaired) electrons. The number of aromatic nitrogens is 3. The van der Waals surface area contributed by atoms with Crippen LogP contribution in [0.3, 0.4) is 0 Å². The predicted molar refractivity (Wildman–Crippen MR) is 97.9 cm³/mol. The highest BCUT2D eigenvalue weighted by atomic mass is 32.1. The summed E-state index contributed by atoms with van der Waals surface area (Å²) < 4.78 is 1.80. The molecule has 0 spiro atoms. The minimum atomic E-state index is 0.599. The highest BCUT2D eigenvalue weighted by Crippen LogP contribution is 2.31. The molecule has 116 valence electrons. The summed E-state index contributed by atoms with van der Waals surface area (Å²) in [6, 6.07) is 13.9. The molecule has 4 nitrogen and oxygen atoms in total. The molecule has 0 amide bonds. The van der Waals surface area contributed by atoms with Crippen molar-refractivity contribution in [1.29, 1.82) is 0 Å². The number of aryl methyl sites for hydroxylation is 1. The van der Waals surface area contributed by atoms with Crippen LogP contribution in [0.1, 0.15) is 16.8 Å². The Kier molecular flexibility index (Phi) is 3.52. The maximum absolute atomic E-state index is 6.23. The normalized spacial score (nSPS) is 10.5. The number of thiophene rings is 1. The fraction of sp³-hybridized carbons (Fsp3) is 0.0526. The largest absolute Gasteiger partial charge is 0.383 e. The quantitative estimate of drug-likeness (QED) is 0.541. The molecule has 0 saturated carbocycles. The molecule has 0 aliphatic rings. The first-order valence-electron chi connectivity index (χ1n) is 7.48. The summed E-state index contributed by atoms with van der Waals surface area (Å²) in [6.07, 6.45) is 1.90. The topological polar surface area (TPSA) is 56.2 Å². The summed E-state index contributed by atoms with van der Waals surface area (Å²) in [5.41, 5.74) is 9.85. The SMILES string of the molecule is Cc1ccn2c(N)c(-c3cc(C#Cc4ccccc4)cs3)nc2n1. The van der Waals surface area contributed by atoms with E-state index in [0.29, 0.717) is 11.6 Å². The monoisotopic (exact) mass is 330 g/mol. The average Bonchev–Trinajstić information content (AvgIpc) is 3.18. The Bertz CT molecular complexity index is 1080. The van der Waals surface area contributed by atoms with Crippen molar-refractivity contribution in [2.24, 2.45) is 0 Å². The summed E-state index contributed by atoms with van der Waals surface area (Å²) in [5, 5.41) is 2.02. The Labute approximate surface area is 143 Å². The van der Waals surface area contributed by atoms with Gasteiger partial charge in [-0.05, 0) is 31.2 Å². The molecule has 4 rings (SSSR count). The van der Waals surface area contributed by atoms with Gasteiger partial charge in [-0.1, -0.05) is 30.0 Å². The summed E-state index contributed by atoms with van der Waals surface area (Å²) in [7, 11) is 0. The number of benzene rings is 1. The zero-order chi connectivity index (χ0) is 16.5. The van der Waals surface area contributed by atoms with Gasteiger partial charge in [0, 0.05) is 28.4 Å². The number of nitrogen functional groups attached to an aromatic ring is 1. The van der Waals surface area contributed by atoms with Gasteiger partial charge in [-0.3, -0.25) is 4.40 Å². The second-order valence-electron chi connectivity index (χ2n) is 5.40. The average molecular weight is 330 g/mol. The lowest BCUT2D eigenvalue weighted by Gasteiger charge is -1.96. The molecule has 3 heterocycles. The van der Waals surface area contributed by atoms with Crippen molar-refractivity contribution in [3.63, 3.8) is 0 Å². The minimum Gasteiger partial charge on any atom is -0.383 e. The van der Waals surface area contributed by atoms with Gasteiger partial charge < -0.3 is 5.73 Å². The predicted octanol–water partition coefficient (Wildman–Crippen LogP) is 3.75. The van der Waals surface area contributed by atoms with E-state index < -0.39 is 0 Å². The van der Waals surface area contributed by atoms with E-state index in [4.69, 9.17) is 5.73 Å². The van der Waals surface area contributed by atoms with Crippen molar-refractivity contribution in [2.45, 2.75) is 6.92 Å². The van der Waals surface area contributed by atoms with E-state index in [1.54, 1.807) is 15.7 Å². The zero-order valence-corrected chi connectivity index (χ0v) is 13.8. The number of hydrogen-bond donors (Lipinski definition) is 1. The lowest BCUT2D eigenvalue weighted by Crippen LogP contribution is -1.95. The van der Waals surface area contributed by atoms with Crippen molar-refractivity contribution in [3.8, 4) is 22.4 Å². The van der Waals surface area contributed by atoms with Crippen molar-refractivity contribution >= 4 is 22.9 Å². The van der Waals surface area contributed by atoms with Crippen molar-refractivity contribution in [1.82, 2.24) is 14.4 Å². The molecule has 0 saturated heterocycles. The van der Waals surface area contributed by atoms with E-state index in [2.05, 4.69) is 21.8 Å². The van der Waals surface area contributed by atoms with Crippen LogP contribution in [0.4, 0.5) is 5.82 Å². The number of rotatable bonds is 1. The van der Waals surface area contributed by atoms with Crippen molar-refractivity contribution < 1.29 is 0 Å². The number of nitrogens with two attached hydrogens (primary N) is 1. The fourth-order valence-electron chi connectivity index (χ4n) is 2.41. The maximum atomic E-state index is 6.23. The maximum Gasteiger partial charge on any atom is 0.236 e. The molecule has 3 aromatic heterocycles. The van der Waals surface area contributed by atoms with E-state index in [0.717, 1.165) is 27.4 Å². The number of nitrogens with zero attached hydrogens (tertiary/aromatic N) is 3. The summed E-state index contributed by atoms with van der Waals surface area (Å²) in [4.78, 5) is 9.97. The zero-order valence-electron chi connectivity index (χ0n) is 13.0. The highest BCUT2D eigenvalue weighted by molar-refractivity contribution is 7.13. The van der Waals surface area contributed by atoms with Crippen LogP contribution in [-0.4, -0.2) is 14.4 Å². The van der Waals surface area contributed by atoms with Crippen LogP contribution in [0.2, 0.25) is 0 Å². The Balaban J connectivity index is 1.71. The summed E-state index contributed by atoms with van der Waals surface area (Å²) in [5.74, 6) is 7.56. The third-order valence-electron chi connectivity index (χ3n) is 3.63. The van der Waals surface area contributed by atoms with Crippen LogP contribution in [0, 0.1) is 18.8 Å². The van der Waals surface area contributed by atoms with Gasteiger partial charge in [0.1, 0.15) is 11.5 Å². The minimum absolute atomic E-state index is 0.599. The molecule has 0 bridgehead atoms. The lowest BCUT2D eigenvalue weighted by atomic mass is 10.2. The van der Waals surface area contributed by atoms with Gasteiger partial charge in [0.2, 0.25) is 5.78 Å². The second kappa shape index (κ2) is 5.84. The molecule has 0 fully saturated rings. The van der Waals surface area contributed by atoms with Crippen LogP contribution in [-0.2, 0) is 0 Å². The first kappa shape index (κ1) is 14.5. The summed E-state index contributed by atoms with van der Waals surface area (Å²) in [6.45, 7) is 1.94. The fourth-order valence-corrected chi connectivity index (χ4v) is 3.25.